The smallest absolute Gasteiger partial charge is 0.315 e. The van der Waals surface area contributed by atoms with Gasteiger partial charge in [0.1, 0.15) is 19.8 Å². The van der Waals surface area contributed by atoms with Gasteiger partial charge in [-0.2, -0.15) is 0 Å². The standard InChI is InChI=1S/C12H18I2O6/c1-3-9(15)18-6-12(2,7-19-10(16)4-13)8-20-11(17)5-14/h3-8H2,1-2H3. The van der Waals surface area contributed by atoms with E-state index in [1.165, 1.54) is 0 Å². The van der Waals surface area contributed by atoms with Gasteiger partial charge < -0.3 is 14.2 Å². The van der Waals surface area contributed by atoms with Crippen LogP contribution in [0.4, 0.5) is 0 Å². The van der Waals surface area contributed by atoms with Crippen LogP contribution in [0.1, 0.15) is 20.3 Å². The van der Waals surface area contributed by atoms with E-state index in [0.717, 1.165) is 0 Å². The summed E-state index contributed by atoms with van der Waals surface area (Å²) in [5.41, 5.74) is -0.742. The van der Waals surface area contributed by atoms with Crippen LogP contribution in [0.25, 0.3) is 0 Å². The summed E-state index contributed by atoms with van der Waals surface area (Å²) in [6.45, 7) is 3.51. The summed E-state index contributed by atoms with van der Waals surface area (Å²) in [5, 5.41) is 0. The molecule has 8 heteroatoms. The molecule has 0 aromatic carbocycles. The summed E-state index contributed by atoms with van der Waals surface area (Å²) in [5.74, 6) is -1.07. The molecule has 0 saturated carbocycles. The third-order valence-corrected chi connectivity index (χ3v) is 3.50. The summed E-state index contributed by atoms with van der Waals surface area (Å²) in [4.78, 5) is 33.6. The first-order valence-electron chi connectivity index (χ1n) is 5.95. The van der Waals surface area contributed by atoms with E-state index in [2.05, 4.69) is 0 Å². The molecule has 6 nitrogen and oxygen atoms in total. The maximum Gasteiger partial charge on any atom is 0.315 e. The summed E-state index contributed by atoms with van der Waals surface area (Å²) >= 11 is 3.79. The molecule has 0 aromatic rings. The molecule has 20 heavy (non-hydrogen) atoms. The number of alkyl halides is 2. The van der Waals surface area contributed by atoms with E-state index in [-0.39, 0.29) is 53.0 Å². The molecule has 0 N–H and O–H groups in total. The minimum atomic E-state index is -0.742. The fourth-order valence-electron chi connectivity index (χ4n) is 1.07. The van der Waals surface area contributed by atoms with Gasteiger partial charge in [-0.25, -0.2) is 0 Å². The zero-order chi connectivity index (χ0) is 15.6. The predicted octanol–water partition coefficient (Wildman–Crippen LogP) is 1.90. The van der Waals surface area contributed by atoms with Crippen LogP contribution in [0.3, 0.4) is 0 Å². The molecule has 0 bridgehead atoms. The van der Waals surface area contributed by atoms with Crippen molar-refractivity contribution >= 4 is 63.1 Å². The number of ether oxygens (including phenoxy) is 3. The second-order valence-electron chi connectivity index (χ2n) is 4.41. The molecule has 0 heterocycles. The maximum atomic E-state index is 11.2. The minimum Gasteiger partial charge on any atom is -0.465 e. The van der Waals surface area contributed by atoms with Crippen molar-refractivity contribution < 1.29 is 28.6 Å². The van der Waals surface area contributed by atoms with Crippen LogP contribution in [0.15, 0.2) is 0 Å². The van der Waals surface area contributed by atoms with Crippen LogP contribution in [-0.4, -0.2) is 46.6 Å². The lowest BCUT2D eigenvalue weighted by Crippen LogP contribution is -2.37. The van der Waals surface area contributed by atoms with Gasteiger partial charge >= 0.3 is 17.9 Å². The summed E-state index contributed by atoms with van der Waals surface area (Å²) < 4.78 is 15.6. The SMILES string of the molecule is CCC(=O)OCC(C)(COC(=O)CI)COC(=O)CI. The summed E-state index contributed by atoms with van der Waals surface area (Å²) in [6.07, 6.45) is 0.261. The Balaban J connectivity index is 4.51. The lowest BCUT2D eigenvalue weighted by molar-refractivity contribution is -0.158. The first-order valence-corrected chi connectivity index (χ1v) is 9.00. The minimum absolute atomic E-state index is 0.0281. The van der Waals surface area contributed by atoms with Crippen molar-refractivity contribution in [3.8, 4) is 0 Å². The van der Waals surface area contributed by atoms with E-state index in [9.17, 15) is 14.4 Å². The lowest BCUT2D eigenvalue weighted by Gasteiger charge is -2.27. The van der Waals surface area contributed by atoms with E-state index in [4.69, 9.17) is 14.2 Å². The summed E-state index contributed by atoms with van der Waals surface area (Å²) in [6, 6.07) is 0. The molecular weight excluding hydrogens is 494 g/mol. The zero-order valence-corrected chi connectivity index (χ0v) is 15.8. The molecular formula is C12H18I2O6. The molecule has 0 unspecified atom stereocenters. The highest BCUT2D eigenvalue weighted by molar-refractivity contribution is 14.1. The maximum absolute atomic E-state index is 11.2. The van der Waals surface area contributed by atoms with Gasteiger partial charge in [0.15, 0.2) is 0 Å². The number of carbonyl (C=O) groups is 3. The monoisotopic (exact) mass is 512 g/mol. The van der Waals surface area contributed by atoms with Gasteiger partial charge in [0, 0.05) is 6.42 Å². The molecule has 0 radical (unpaired) electrons. The third kappa shape index (κ3) is 8.93. The summed E-state index contributed by atoms with van der Waals surface area (Å²) in [7, 11) is 0. The van der Waals surface area contributed by atoms with Crippen LogP contribution in [0, 0.1) is 5.41 Å². The van der Waals surface area contributed by atoms with Gasteiger partial charge in [0.05, 0.1) is 14.3 Å². The van der Waals surface area contributed by atoms with Crippen LogP contribution in [-0.2, 0) is 28.6 Å². The van der Waals surface area contributed by atoms with Crippen molar-refractivity contribution in [2.45, 2.75) is 20.3 Å². The molecule has 0 aliphatic carbocycles. The lowest BCUT2D eigenvalue weighted by atomic mass is 9.94. The van der Waals surface area contributed by atoms with Crippen molar-refractivity contribution in [3.05, 3.63) is 0 Å². The number of hydrogen-bond donors (Lipinski definition) is 0. The quantitative estimate of drug-likeness (QED) is 0.204. The molecule has 0 aromatic heterocycles. The van der Waals surface area contributed by atoms with E-state index >= 15 is 0 Å². The number of carbonyl (C=O) groups excluding carboxylic acids is 3. The highest BCUT2D eigenvalue weighted by Crippen LogP contribution is 2.19. The van der Waals surface area contributed by atoms with E-state index < -0.39 is 5.41 Å². The molecule has 0 fully saturated rings. The Bertz CT molecular complexity index is 295. The number of halogens is 2. The second kappa shape index (κ2) is 10.6. The average Bonchev–Trinajstić information content (AvgIpc) is 2.47. The second-order valence-corrected chi connectivity index (χ2v) is 5.94. The number of esters is 3. The van der Waals surface area contributed by atoms with Crippen LogP contribution >= 0.6 is 45.2 Å². The first-order chi connectivity index (χ1) is 9.36. The van der Waals surface area contributed by atoms with Gasteiger partial charge in [0.2, 0.25) is 0 Å². The van der Waals surface area contributed by atoms with Gasteiger partial charge in [-0.1, -0.05) is 52.1 Å². The van der Waals surface area contributed by atoms with Crippen molar-refractivity contribution in [3.63, 3.8) is 0 Å². The Morgan fingerprint density at radius 3 is 1.50 bits per heavy atom. The highest BCUT2D eigenvalue weighted by Gasteiger charge is 2.30. The van der Waals surface area contributed by atoms with E-state index in [1.54, 1.807) is 13.8 Å². The van der Waals surface area contributed by atoms with Crippen molar-refractivity contribution in [2.24, 2.45) is 5.41 Å². The molecule has 0 aliphatic heterocycles. The first kappa shape index (κ1) is 19.9. The van der Waals surface area contributed by atoms with Crippen LogP contribution in [0.5, 0.6) is 0 Å². The van der Waals surface area contributed by atoms with Gasteiger partial charge in [0.25, 0.3) is 0 Å². The van der Waals surface area contributed by atoms with E-state index in [1.807, 2.05) is 45.2 Å². The molecule has 0 spiro atoms. The van der Waals surface area contributed by atoms with Crippen LogP contribution in [0.2, 0.25) is 0 Å². The Kier molecular flexibility index (Phi) is 10.5. The third-order valence-electron chi connectivity index (χ3n) is 2.25. The van der Waals surface area contributed by atoms with Gasteiger partial charge in [-0.05, 0) is 6.92 Å². The zero-order valence-electron chi connectivity index (χ0n) is 11.4. The molecule has 0 saturated heterocycles. The van der Waals surface area contributed by atoms with Gasteiger partial charge in [-0.3, -0.25) is 14.4 Å². The predicted molar refractivity (Wildman–Crippen MR) is 89.0 cm³/mol. The largest absolute Gasteiger partial charge is 0.465 e. The van der Waals surface area contributed by atoms with Crippen molar-refractivity contribution in [1.82, 2.24) is 0 Å². The molecule has 116 valence electrons. The number of rotatable bonds is 9. The fraction of sp³-hybridized carbons (Fsp3) is 0.750. The van der Waals surface area contributed by atoms with Crippen molar-refractivity contribution in [1.29, 1.82) is 0 Å². The van der Waals surface area contributed by atoms with E-state index in [0.29, 0.717) is 0 Å². The highest BCUT2D eigenvalue weighted by atomic mass is 127. The Morgan fingerprint density at radius 2 is 1.20 bits per heavy atom. The number of hydrogen-bond acceptors (Lipinski definition) is 6. The molecule has 0 amide bonds. The van der Waals surface area contributed by atoms with Crippen molar-refractivity contribution in [2.75, 3.05) is 28.7 Å². The molecule has 0 rings (SSSR count). The Hall–Kier alpha value is -0.130. The fourth-order valence-corrected chi connectivity index (χ4v) is 1.51. The normalized spacial score (nSPS) is 10.8. The molecule has 0 atom stereocenters. The Morgan fingerprint density at radius 1 is 0.850 bits per heavy atom. The van der Waals surface area contributed by atoms with Crippen LogP contribution < -0.4 is 0 Å². The average molecular weight is 512 g/mol. The van der Waals surface area contributed by atoms with Gasteiger partial charge in [-0.15, -0.1) is 0 Å². The Labute approximate surface area is 145 Å². The molecule has 0 aliphatic rings. The topological polar surface area (TPSA) is 78.9 Å².